The van der Waals surface area contributed by atoms with E-state index in [0.717, 1.165) is 26.3 Å². The Morgan fingerprint density at radius 3 is 2.21 bits per heavy atom. The Morgan fingerprint density at radius 1 is 1.05 bits per heavy atom. The number of likely N-dealkylation sites (tertiary alicyclic amines) is 1. The number of carbonyl (C=O) groups is 2. The highest BCUT2D eigenvalue weighted by atomic mass is 35.5. The van der Waals surface area contributed by atoms with Crippen LogP contribution < -0.4 is 0 Å². The minimum Gasteiger partial charge on any atom is -0.353 e. The first kappa shape index (κ1) is 35.7. The van der Waals surface area contributed by atoms with E-state index in [1.807, 2.05) is 20.8 Å². The van der Waals surface area contributed by atoms with E-state index in [2.05, 4.69) is 18.1 Å². The fourth-order valence-corrected chi connectivity index (χ4v) is 6.67. The van der Waals surface area contributed by atoms with E-state index in [0.29, 0.717) is 36.4 Å². The summed E-state index contributed by atoms with van der Waals surface area (Å²) < 4.78 is 50.2. The molecule has 0 N–H and O–H groups in total. The molecule has 0 bridgehead atoms. The lowest BCUT2D eigenvalue weighted by Crippen LogP contribution is -2.43. The summed E-state index contributed by atoms with van der Waals surface area (Å²) in [6.07, 6.45) is 1.98. The Hall–Kier alpha value is -2.47. The van der Waals surface area contributed by atoms with Crippen LogP contribution in [0.2, 0.25) is 5.02 Å². The highest BCUT2D eigenvalue weighted by Crippen LogP contribution is 2.29. The molecule has 1 saturated heterocycles. The second-order valence-electron chi connectivity index (χ2n) is 9.72. The molecule has 8 nitrogen and oxygen atoms in total. The molecule has 0 spiro atoms. The van der Waals surface area contributed by atoms with Crippen LogP contribution in [0.25, 0.3) is 0 Å². The standard InChI is InChI=1S/C23H24ClFN2O4S.C6H14O2.C2H4/c24-18-4-7-22-20(14-18)21(28)15-27(32(22,30)31)11-1-10-26-12-8-17(9-13-26)23(29)16-2-5-19(25)6-3-16;1-4-7-6(3)8-5-2;1-2/h2-7,14,17H,1,8-13,15H2;6H,4-5H2,1-3H3;1-2H2. The molecule has 2 heterocycles. The Kier molecular flexibility index (Phi) is 15.0. The van der Waals surface area contributed by atoms with Gasteiger partial charge in [0.1, 0.15) is 5.82 Å². The van der Waals surface area contributed by atoms with E-state index in [4.69, 9.17) is 21.1 Å². The van der Waals surface area contributed by atoms with Gasteiger partial charge in [-0.05, 0) is 102 Å². The Morgan fingerprint density at radius 2 is 1.64 bits per heavy atom. The zero-order chi connectivity index (χ0) is 31.3. The van der Waals surface area contributed by atoms with E-state index in [9.17, 15) is 22.4 Å². The Balaban J connectivity index is 0.000000535. The number of ketones is 2. The Bertz CT molecular complexity index is 1260. The molecule has 2 aliphatic heterocycles. The topological polar surface area (TPSA) is 93.2 Å². The summed E-state index contributed by atoms with van der Waals surface area (Å²) in [7, 11) is -3.73. The van der Waals surface area contributed by atoms with Crippen LogP contribution in [-0.4, -0.2) is 81.4 Å². The second-order valence-corrected chi connectivity index (χ2v) is 12.1. The number of hydrogen-bond acceptors (Lipinski definition) is 7. The molecule has 4 rings (SSSR count). The summed E-state index contributed by atoms with van der Waals surface area (Å²) in [4.78, 5) is 27.2. The third kappa shape index (κ3) is 10.1. The first-order valence-electron chi connectivity index (χ1n) is 14.1. The van der Waals surface area contributed by atoms with Crippen molar-refractivity contribution in [3.8, 4) is 0 Å². The molecular weight excluding hydrogens is 583 g/mol. The van der Waals surface area contributed by atoms with Crippen molar-refractivity contribution >= 4 is 33.2 Å². The largest absolute Gasteiger partial charge is 0.353 e. The van der Waals surface area contributed by atoms with Crippen LogP contribution in [0, 0.1) is 11.7 Å². The molecule has 0 amide bonds. The van der Waals surface area contributed by atoms with Gasteiger partial charge in [-0.25, -0.2) is 12.8 Å². The quantitative estimate of drug-likeness (QED) is 0.186. The van der Waals surface area contributed by atoms with Gasteiger partial charge in [-0.3, -0.25) is 9.59 Å². The van der Waals surface area contributed by atoms with Gasteiger partial charge in [-0.1, -0.05) is 11.6 Å². The number of nitrogens with zero attached hydrogens (tertiary/aromatic N) is 2. The van der Waals surface area contributed by atoms with Crippen molar-refractivity contribution in [3.63, 3.8) is 0 Å². The molecule has 0 aliphatic carbocycles. The first-order valence-corrected chi connectivity index (χ1v) is 16.0. The maximum Gasteiger partial charge on any atom is 0.244 e. The van der Waals surface area contributed by atoms with Crippen molar-refractivity contribution in [2.24, 2.45) is 5.92 Å². The molecule has 2 aromatic rings. The minimum absolute atomic E-state index is 0.0123. The monoisotopic (exact) mass is 624 g/mol. The van der Waals surface area contributed by atoms with E-state index in [1.54, 1.807) is 0 Å². The second kappa shape index (κ2) is 17.6. The van der Waals surface area contributed by atoms with Crippen LogP contribution in [0.15, 0.2) is 60.5 Å². The van der Waals surface area contributed by atoms with E-state index in [1.165, 1.54) is 46.8 Å². The summed E-state index contributed by atoms with van der Waals surface area (Å²) in [5, 5.41) is 0.335. The maximum absolute atomic E-state index is 13.1. The third-order valence-electron chi connectivity index (χ3n) is 6.95. The van der Waals surface area contributed by atoms with E-state index >= 15 is 0 Å². The van der Waals surface area contributed by atoms with Gasteiger partial charge >= 0.3 is 0 Å². The molecule has 1 fully saturated rings. The molecule has 0 radical (unpaired) electrons. The molecular formula is C31H42ClFN2O6S. The number of benzene rings is 2. The van der Waals surface area contributed by atoms with Crippen molar-refractivity contribution in [3.05, 3.63) is 77.6 Å². The number of sulfonamides is 1. The average molecular weight is 625 g/mol. The fraction of sp³-hybridized carbons (Fsp3) is 0.484. The fourth-order valence-electron chi connectivity index (χ4n) is 4.87. The van der Waals surface area contributed by atoms with Gasteiger partial charge in [0, 0.05) is 41.8 Å². The molecule has 42 heavy (non-hydrogen) atoms. The van der Waals surface area contributed by atoms with Crippen molar-refractivity contribution < 1.29 is 31.9 Å². The highest BCUT2D eigenvalue weighted by Gasteiger charge is 2.36. The summed E-state index contributed by atoms with van der Waals surface area (Å²) in [6.45, 7) is 15.5. The predicted octanol–water partition coefficient (Wildman–Crippen LogP) is 5.86. The smallest absolute Gasteiger partial charge is 0.244 e. The van der Waals surface area contributed by atoms with Gasteiger partial charge in [0.15, 0.2) is 17.9 Å². The molecule has 0 aromatic heterocycles. The third-order valence-corrected chi connectivity index (χ3v) is 9.09. The summed E-state index contributed by atoms with van der Waals surface area (Å²) in [5.41, 5.74) is 0.688. The van der Waals surface area contributed by atoms with Gasteiger partial charge in [0.2, 0.25) is 10.0 Å². The van der Waals surface area contributed by atoms with Crippen LogP contribution in [0.5, 0.6) is 0 Å². The molecule has 0 saturated carbocycles. The number of fused-ring (bicyclic) bond motifs is 1. The van der Waals surface area contributed by atoms with Gasteiger partial charge in [-0.15, -0.1) is 13.2 Å². The minimum atomic E-state index is -3.73. The maximum atomic E-state index is 13.1. The molecule has 0 atom stereocenters. The number of ether oxygens (including phenoxy) is 2. The zero-order valence-corrected chi connectivity index (χ0v) is 26.3. The number of halogens is 2. The van der Waals surface area contributed by atoms with E-state index in [-0.39, 0.29) is 53.1 Å². The van der Waals surface area contributed by atoms with Gasteiger partial charge in [0.25, 0.3) is 0 Å². The predicted molar refractivity (Wildman–Crippen MR) is 163 cm³/mol. The zero-order valence-electron chi connectivity index (χ0n) is 24.7. The van der Waals surface area contributed by atoms with Crippen LogP contribution in [0.1, 0.15) is 60.7 Å². The van der Waals surface area contributed by atoms with Crippen molar-refractivity contribution in [2.75, 3.05) is 45.9 Å². The van der Waals surface area contributed by atoms with Gasteiger partial charge in [-0.2, -0.15) is 4.31 Å². The highest BCUT2D eigenvalue weighted by molar-refractivity contribution is 7.89. The lowest BCUT2D eigenvalue weighted by atomic mass is 9.89. The normalized spacial score (nSPS) is 17.0. The summed E-state index contributed by atoms with van der Waals surface area (Å²) >= 11 is 5.91. The van der Waals surface area contributed by atoms with E-state index < -0.39 is 10.0 Å². The number of carbonyl (C=O) groups excluding carboxylic acids is 2. The van der Waals surface area contributed by atoms with Crippen LogP contribution in [0.4, 0.5) is 4.39 Å². The van der Waals surface area contributed by atoms with Gasteiger partial charge in [0.05, 0.1) is 11.4 Å². The van der Waals surface area contributed by atoms with Crippen molar-refractivity contribution in [1.29, 1.82) is 0 Å². The van der Waals surface area contributed by atoms with Crippen molar-refractivity contribution in [2.45, 2.75) is 51.2 Å². The number of hydrogen-bond donors (Lipinski definition) is 0. The average Bonchev–Trinajstić information content (AvgIpc) is 2.98. The molecule has 2 aliphatic rings. The van der Waals surface area contributed by atoms with Gasteiger partial charge < -0.3 is 14.4 Å². The molecule has 0 unspecified atom stereocenters. The first-order chi connectivity index (χ1) is 20.1. The SMILES string of the molecule is C=C.CCOC(C)OCC.O=C1CN(CCCN2CCC(C(=O)c3ccc(F)cc3)CC2)S(=O)(=O)c2ccc(Cl)cc21. The van der Waals surface area contributed by atoms with Crippen molar-refractivity contribution in [1.82, 2.24) is 9.21 Å². The van der Waals surface area contributed by atoms with Crippen LogP contribution >= 0.6 is 11.6 Å². The number of rotatable bonds is 10. The number of piperidine rings is 1. The lowest BCUT2D eigenvalue weighted by Gasteiger charge is -2.32. The summed E-state index contributed by atoms with van der Waals surface area (Å²) in [5.74, 6) is -0.653. The molecule has 11 heteroatoms. The molecule has 2 aromatic carbocycles. The Labute approximate surface area is 254 Å². The van der Waals surface area contributed by atoms with Crippen LogP contribution in [0.3, 0.4) is 0 Å². The van der Waals surface area contributed by atoms with Crippen LogP contribution in [-0.2, 0) is 19.5 Å². The summed E-state index contributed by atoms with van der Waals surface area (Å²) in [6, 6.07) is 9.92. The number of Topliss-reactive ketones (excluding diaryl/α,β-unsaturated/α-hetero) is 2. The molecule has 232 valence electrons. The lowest BCUT2D eigenvalue weighted by molar-refractivity contribution is -0.123.